The molecule has 110 valence electrons. The minimum absolute atomic E-state index is 0.0123. The Bertz CT molecular complexity index is 459. The molecule has 2 rings (SSSR count). The van der Waals surface area contributed by atoms with E-state index in [1.807, 2.05) is 23.1 Å². The summed E-state index contributed by atoms with van der Waals surface area (Å²) in [4.78, 5) is 13.8. The first kappa shape index (κ1) is 14.9. The fourth-order valence-electron chi connectivity index (χ4n) is 2.47. The van der Waals surface area contributed by atoms with Crippen molar-refractivity contribution in [3.05, 3.63) is 23.8 Å². The van der Waals surface area contributed by atoms with Gasteiger partial charge in [-0.3, -0.25) is 4.79 Å². The molecule has 4 heteroatoms. The number of rotatable bonds is 7. The number of fused-ring (bicyclic) bond motifs is 1. The van der Waals surface area contributed by atoms with Crippen LogP contribution in [0, 0.1) is 0 Å². The average molecular weight is 277 g/mol. The molecular weight excluding hydrogens is 254 g/mol. The summed E-state index contributed by atoms with van der Waals surface area (Å²) < 4.78 is 5.45. The Hall–Kier alpha value is -1.55. The van der Waals surface area contributed by atoms with E-state index in [-0.39, 0.29) is 19.1 Å². The van der Waals surface area contributed by atoms with Crippen molar-refractivity contribution < 1.29 is 14.6 Å². The number of unbranched alkanes of at least 4 members (excludes halogenated alkanes) is 4. The molecule has 0 aliphatic carbocycles. The molecule has 4 nitrogen and oxygen atoms in total. The van der Waals surface area contributed by atoms with E-state index in [1.54, 1.807) is 0 Å². The summed E-state index contributed by atoms with van der Waals surface area (Å²) >= 11 is 0. The fourth-order valence-corrected chi connectivity index (χ4v) is 2.47. The van der Waals surface area contributed by atoms with E-state index < -0.39 is 0 Å². The highest BCUT2D eigenvalue weighted by atomic mass is 16.5. The molecule has 0 fully saturated rings. The highest BCUT2D eigenvalue weighted by molar-refractivity contribution is 5.97. The van der Waals surface area contributed by atoms with Gasteiger partial charge in [-0.1, -0.05) is 38.7 Å². The molecular formula is C16H23NO3. The number of anilines is 1. The maximum atomic E-state index is 12.0. The van der Waals surface area contributed by atoms with Crippen LogP contribution in [-0.2, 0) is 11.4 Å². The molecule has 0 saturated carbocycles. The molecule has 1 amide bonds. The zero-order valence-corrected chi connectivity index (χ0v) is 12.1. The van der Waals surface area contributed by atoms with E-state index in [9.17, 15) is 4.79 Å². The normalized spacial score (nSPS) is 14.1. The van der Waals surface area contributed by atoms with Crippen molar-refractivity contribution in [3.8, 4) is 5.75 Å². The number of benzene rings is 1. The summed E-state index contributed by atoms with van der Waals surface area (Å²) in [6.07, 6.45) is 5.89. The van der Waals surface area contributed by atoms with Gasteiger partial charge < -0.3 is 14.7 Å². The topological polar surface area (TPSA) is 49.8 Å². The third-order valence-electron chi connectivity index (χ3n) is 3.64. The Morgan fingerprint density at radius 3 is 2.80 bits per heavy atom. The van der Waals surface area contributed by atoms with E-state index in [4.69, 9.17) is 9.84 Å². The van der Waals surface area contributed by atoms with Crippen LogP contribution in [0.3, 0.4) is 0 Å². The number of amides is 1. The van der Waals surface area contributed by atoms with Gasteiger partial charge in [0.1, 0.15) is 5.75 Å². The Morgan fingerprint density at radius 1 is 1.25 bits per heavy atom. The largest absolute Gasteiger partial charge is 0.482 e. The van der Waals surface area contributed by atoms with E-state index in [0.29, 0.717) is 5.75 Å². The van der Waals surface area contributed by atoms with Gasteiger partial charge >= 0.3 is 0 Å². The Kier molecular flexibility index (Phi) is 5.41. The van der Waals surface area contributed by atoms with Crippen molar-refractivity contribution in [3.63, 3.8) is 0 Å². The minimum atomic E-state index is -0.0123. The van der Waals surface area contributed by atoms with Crippen molar-refractivity contribution >= 4 is 11.6 Å². The number of nitrogens with zero attached hydrogens (tertiary/aromatic N) is 1. The number of carbonyl (C=O) groups excluding carboxylic acids is 1. The summed E-state index contributed by atoms with van der Waals surface area (Å²) in [7, 11) is 0. The molecule has 1 aliphatic rings. The van der Waals surface area contributed by atoms with Crippen LogP contribution in [0.1, 0.15) is 44.6 Å². The van der Waals surface area contributed by atoms with Crippen LogP contribution in [0.2, 0.25) is 0 Å². The van der Waals surface area contributed by atoms with Gasteiger partial charge in [-0.05, 0) is 24.1 Å². The lowest BCUT2D eigenvalue weighted by Gasteiger charge is -2.29. The molecule has 0 aromatic heterocycles. The predicted octanol–water partition coefficient (Wildman–Crippen LogP) is 2.87. The monoisotopic (exact) mass is 277 g/mol. The van der Waals surface area contributed by atoms with E-state index in [0.717, 1.165) is 30.6 Å². The zero-order chi connectivity index (χ0) is 14.4. The van der Waals surface area contributed by atoms with E-state index in [2.05, 4.69) is 6.92 Å². The Labute approximate surface area is 120 Å². The van der Waals surface area contributed by atoms with Crippen molar-refractivity contribution in [2.24, 2.45) is 0 Å². The van der Waals surface area contributed by atoms with Gasteiger partial charge in [0.2, 0.25) is 0 Å². The molecule has 0 bridgehead atoms. The van der Waals surface area contributed by atoms with Gasteiger partial charge in [0.05, 0.1) is 12.3 Å². The third kappa shape index (κ3) is 3.51. The second kappa shape index (κ2) is 7.29. The van der Waals surface area contributed by atoms with Gasteiger partial charge in [-0.15, -0.1) is 0 Å². The number of hydrogen-bond acceptors (Lipinski definition) is 3. The molecule has 1 aromatic rings. The lowest BCUT2D eigenvalue weighted by molar-refractivity contribution is -0.121. The van der Waals surface area contributed by atoms with Gasteiger partial charge in [0.25, 0.3) is 5.91 Å². The van der Waals surface area contributed by atoms with Gasteiger partial charge in [-0.2, -0.15) is 0 Å². The van der Waals surface area contributed by atoms with Crippen molar-refractivity contribution in [2.45, 2.75) is 45.6 Å². The third-order valence-corrected chi connectivity index (χ3v) is 3.64. The maximum Gasteiger partial charge on any atom is 0.265 e. The molecule has 0 atom stereocenters. The predicted molar refractivity (Wildman–Crippen MR) is 79.0 cm³/mol. The summed E-state index contributed by atoms with van der Waals surface area (Å²) in [5.74, 6) is 0.717. The smallest absolute Gasteiger partial charge is 0.265 e. The number of hydrogen-bond donors (Lipinski definition) is 1. The number of aliphatic hydroxyl groups excluding tert-OH is 1. The minimum Gasteiger partial charge on any atom is -0.482 e. The SMILES string of the molecule is CCCCCCCN1C(=O)COc2cc(CO)ccc21. The van der Waals surface area contributed by atoms with Crippen molar-refractivity contribution in [2.75, 3.05) is 18.1 Å². The van der Waals surface area contributed by atoms with Gasteiger partial charge in [0, 0.05) is 6.54 Å². The van der Waals surface area contributed by atoms with Crippen LogP contribution in [-0.4, -0.2) is 24.2 Å². The number of ether oxygens (including phenoxy) is 1. The van der Waals surface area contributed by atoms with E-state index >= 15 is 0 Å². The molecule has 1 heterocycles. The standard InChI is InChI=1S/C16H23NO3/c1-2-3-4-5-6-9-17-14-8-7-13(11-18)10-15(14)20-12-16(17)19/h7-8,10,18H,2-6,9,11-12H2,1H3. The summed E-state index contributed by atoms with van der Waals surface area (Å²) in [6.45, 7) is 3.02. The highest BCUT2D eigenvalue weighted by Crippen LogP contribution is 2.33. The Morgan fingerprint density at radius 2 is 2.05 bits per heavy atom. The average Bonchev–Trinajstić information content (AvgIpc) is 2.48. The second-order valence-electron chi connectivity index (χ2n) is 5.21. The van der Waals surface area contributed by atoms with Crippen LogP contribution in [0.4, 0.5) is 5.69 Å². The fraction of sp³-hybridized carbons (Fsp3) is 0.562. The lowest BCUT2D eigenvalue weighted by Crippen LogP contribution is -2.39. The molecule has 0 radical (unpaired) electrons. The first-order chi connectivity index (χ1) is 9.76. The molecule has 0 saturated heterocycles. The van der Waals surface area contributed by atoms with Crippen molar-refractivity contribution in [1.29, 1.82) is 0 Å². The quantitative estimate of drug-likeness (QED) is 0.780. The van der Waals surface area contributed by atoms with Crippen LogP contribution < -0.4 is 9.64 Å². The van der Waals surface area contributed by atoms with E-state index in [1.165, 1.54) is 19.3 Å². The molecule has 1 aliphatic heterocycles. The summed E-state index contributed by atoms with van der Waals surface area (Å²) in [5, 5.41) is 9.14. The van der Waals surface area contributed by atoms with Gasteiger partial charge in [-0.25, -0.2) is 0 Å². The summed E-state index contributed by atoms with van der Waals surface area (Å²) in [6, 6.07) is 5.51. The summed E-state index contributed by atoms with van der Waals surface area (Å²) in [5.41, 5.74) is 1.63. The highest BCUT2D eigenvalue weighted by Gasteiger charge is 2.25. The van der Waals surface area contributed by atoms with Crippen LogP contribution in [0.25, 0.3) is 0 Å². The van der Waals surface area contributed by atoms with Crippen molar-refractivity contribution in [1.82, 2.24) is 0 Å². The first-order valence-electron chi connectivity index (χ1n) is 7.43. The lowest BCUT2D eigenvalue weighted by atomic mass is 10.1. The zero-order valence-electron chi connectivity index (χ0n) is 12.1. The number of carbonyl (C=O) groups is 1. The second-order valence-corrected chi connectivity index (χ2v) is 5.21. The van der Waals surface area contributed by atoms with Crippen LogP contribution >= 0.6 is 0 Å². The molecule has 0 unspecified atom stereocenters. The van der Waals surface area contributed by atoms with Gasteiger partial charge in [0.15, 0.2) is 6.61 Å². The van der Waals surface area contributed by atoms with Crippen LogP contribution in [0.15, 0.2) is 18.2 Å². The first-order valence-corrected chi connectivity index (χ1v) is 7.43. The molecule has 0 spiro atoms. The molecule has 1 N–H and O–H groups in total. The Balaban J connectivity index is 2.00. The van der Waals surface area contributed by atoms with Crippen LogP contribution in [0.5, 0.6) is 5.75 Å². The molecule has 20 heavy (non-hydrogen) atoms. The number of aliphatic hydroxyl groups is 1. The maximum absolute atomic E-state index is 12.0. The molecule has 1 aromatic carbocycles.